The molecule has 0 aliphatic rings. The van der Waals surface area contributed by atoms with Gasteiger partial charge in [-0.25, -0.2) is 13.1 Å². The van der Waals surface area contributed by atoms with Crippen molar-refractivity contribution in [2.75, 3.05) is 20.3 Å². The van der Waals surface area contributed by atoms with Crippen LogP contribution in [0.5, 0.6) is 5.75 Å². The van der Waals surface area contributed by atoms with Crippen molar-refractivity contribution in [2.24, 2.45) is 0 Å². The van der Waals surface area contributed by atoms with E-state index in [0.29, 0.717) is 4.47 Å². The zero-order chi connectivity index (χ0) is 20.7. The predicted molar refractivity (Wildman–Crippen MR) is 104 cm³/mol. The lowest BCUT2D eigenvalue weighted by molar-refractivity contribution is 0.0844. The number of carbonyl (C=O) groups is 2. The van der Waals surface area contributed by atoms with Gasteiger partial charge in [0.15, 0.2) is 0 Å². The van der Waals surface area contributed by atoms with Crippen LogP contribution < -0.4 is 15.6 Å². The van der Waals surface area contributed by atoms with Crippen LogP contribution in [-0.4, -0.2) is 45.6 Å². The van der Waals surface area contributed by atoms with Crippen molar-refractivity contribution < 1.29 is 27.9 Å². The van der Waals surface area contributed by atoms with Crippen LogP contribution in [0.15, 0.2) is 51.8 Å². The normalized spacial score (nSPS) is 11.1. The number of amides is 2. The number of aromatic hydroxyl groups is 1. The van der Waals surface area contributed by atoms with Gasteiger partial charge in [0.2, 0.25) is 10.0 Å². The SMILES string of the molecule is COCCNS(=O)(=O)c1ccc(Br)c(C(=O)NNC(=O)c2ccccc2O)c1. The lowest BCUT2D eigenvalue weighted by Gasteiger charge is -2.11. The van der Waals surface area contributed by atoms with Crippen molar-refractivity contribution in [2.45, 2.75) is 4.90 Å². The fraction of sp³-hybridized carbons (Fsp3) is 0.176. The highest BCUT2D eigenvalue weighted by Crippen LogP contribution is 2.21. The zero-order valence-corrected chi connectivity index (χ0v) is 17.1. The standard InChI is InChI=1S/C17H18BrN3O6S/c1-27-9-8-19-28(25,26)11-6-7-14(18)13(10-11)17(24)21-20-16(23)12-4-2-3-5-15(12)22/h2-7,10,19,22H,8-9H2,1H3,(H,20,23)(H,21,24). The van der Waals surface area contributed by atoms with Crippen LogP contribution in [-0.2, 0) is 14.8 Å². The van der Waals surface area contributed by atoms with Gasteiger partial charge < -0.3 is 9.84 Å². The highest BCUT2D eigenvalue weighted by Gasteiger charge is 2.19. The molecular formula is C17H18BrN3O6S. The van der Waals surface area contributed by atoms with E-state index in [1.54, 1.807) is 12.1 Å². The summed E-state index contributed by atoms with van der Waals surface area (Å²) in [5.41, 5.74) is 4.31. The Morgan fingerprint density at radius 2 is 1.71 bits per heavy atom. The number of halogens is 1. The number of methoxy groups -OCH3 is 1. The van der Waals surface area contributed by atoms with Crippen LogP contribution in [0.3, 0.4) is 0 Å². The summed E-state index contributed by atoms with van der Waals surface area (Å²) in [6.07, 6.45) is 0. The van der Waals surface area contributed by atoms with Crippen molar-refractivity contribution in [3.05, 3.63) is 58.1 Å². The van der Waals surface area contributed by atoms with Gasteiger partial charge in [-0.2, -0.15) is 0 Å². The van der Waals surface area contributed by atoms with Crippen LogP contribution >= 0.6 is 15.9 Å². The smallest absolute Gasteiger partial charge is 0.273 e. The number of carbonyl (C=O) groups excluding carboxylic acids is 2. The average Bonchev–Trinajstić information content (AvgIpc) is 2.66. The number of phenolic OH excluding ortho intramolecular Hbond substituents is 1. The first-order valence-electron chi connectivity index (χ1n) is 7.93. The van der Waals surface area contributed by atoms with Crippen LogP contribution in [0, 0.1) is 0 Å². The van der Waals surface area contributed by atoms with E-state index >= 15 is 0 Å². The molecule has 0 aliphatic carbocycles. The average molecular weight is 472 g/mol. The predicted octanol–water partition coefficient (Wildman–Crippen LogP) is 1.15. The molecule has 150 valence electrons. The highest BCUT2D eigenvalue weighted by molar-refractivity contribution is 9.10. The Balaban J connectivity index is 2.13. The van der Waals surface area contributed by atoms with Crippen molar-refractivity contribution in [3.8, 4) is 5.75 Å². The lowest BCUT2D eigenvalue weighted by atomic mass is 10.2. The Morgan fingerprint density at radius 1 is 1.07 bits per heavy atom. The molecule has 0 radical (unpaired) electrons. The fourth-order valence-electron chi connectivity index (χ4n) is 2.12. The van der Waals surface area contributed by atoms with Gasteiger partial charge in [0.1, 0.15) is 5.75 Å². The summed E-state index contributed by atoms with van der Waals surface area (Å²) in [6.45, 7) is 0.272. The number of hydrogen-bond donors (Lipinski definition) is 4. The van der Waals surface area contributed by atoms with E-state index < -0.39 is 21.8 Å². The molecule has 2 aromatic carbocycles. The van der Waals surface area contributed by atoms with Crippen LogP contribution in [0.2, 0.25) is 0 Å². The molecule has 0 saturated carbocycles. The van der Waals surface area contributed by atoms with Gasteiger partial charge in [-0.05, 0) is 46.3 Å². The molecule has 0 fully saturated rings. The second-order valence-electron chi connectivity index (χ2n) is 5.46. The van der Waals surface area contributed by atoms with Crippen LogP contribution in [0.25, 0.3) is 0 Å². The molecule has 2 amide bonds. The maximum absolute atomic E-state index is 12.4. The highest BCUT2D eigenvalue weighted by atomic mass is 79.9. The third kappa shape index (κ3) is 5.52. The Bertz CT molecular complexity index is 981. The number of hydrogen-bond acceptors (Lipinski definition) is 6. The molecular weight excluding hydrogens is 454 g/mol. The molecule has 11 heteroatoms. The second kappa shape index (κ2) is 9.64. The number of para-hydroxylation sites is 1. The van der Waals surface area contributed by atoms with Gasteiger partial charge in [0.05, 0.1) is 22.6 Å². The quantitative estimate of drug-likeness (QED) is 0.353. The van der Waals surface area contributed by atoms with Crippen molar-refractivity contribution in [3.63, 3.8) is 0 Å². The summed E-state index contributed by atoms with van der Waals surface area (Å²) in [5.74, 6) is -1.72. The number of ether oxygens (including phenoxy) is 1. The van der Waals surface area contributed by atoms with E-state index in [-0.39, 0.29) is 34.9 Å². The van der Waals surface area contributed by atoms with Gasteiger partial charge in [0, 0.05) is 18.1 Å². The minimum atomic E-state index is -3.84. The number of sulfonamides is 1. The van der Waals surface area contributed by atoms with E-state index in [4.69, 9.17) is 4.74 Å². The molecule has 0 aromatic heterocycles. The number of phenols is 1. The fourth-order valence-corrected chi connectivity index (χ4v) is 3.59. The number of hydrazine groups is 1. The van der Waals surface area contributed by atoms with E-state index in [2.05, 4.69) is 31.5 Å². The van der Waals surface area contributed by atoms with E-state index in [1.807, 2.05) is 0 Å². The molecule has 0 aliphatic heterocycles. The Kier molecular flexibility index (Phi) is 7.52. The molecule has 0 spiro atoms. The summed E-state index contributed by atoms with van der Waals surface area (Å²) < 4.78 is 32.0. The van der Waals surface area contributed by atoms with Crippen molar-refractivity contribution >= 4 is 37.8 Å². The van der Waals surface area contributed by atoms with Gasteiger partial charge >= 0.3 is 0 Å². The zero-order valence-electron chi connectivity index (χ0n) is 14.7. The Hall–Kier alpha value is -2.47. The lowest BCUT2D eigenvalue weighted by Crippen LogP contribution is -2.41. The molecule has 0 saturated heterocycles. The van der Waals surface area contributed by atoms with Crippen LogP contribution in [0.1, 0.15) is 20.7 Å². The number of nitrogens with one attached hydrogen (secondary N) is 3. The topological polar surface area (TPSA) is 134 Å². The molecule has 9 nitrogen and oxygen atoms in total. The molecule has 2 aromatic rings. The molecule has 0 bridgehead atoms. The largest absolute Gasteiger partial charge is 0.507 e. The first-order valence-corrected chi connectivity index (χ1v) is 10.2. The van der Waals surface area contributed by atoms with Crippen molar-refractivity contribution in [1.82, 2.24) is 15.6 Å². The molecule has 2 rings (SSSR count). The van der Waals surface area contributed by atoms with E-state index in [0.717, 1.165) is 0 Å². The molecule has 0 heterocycles. The Labute approximate surface area is 170 Å². The van der Waals surface area contributed by atoms with E-state index in [9.17, 15) is 23.1 Å². The van der Waals surface area contributed by atoms with Gasteiger partial charge in [0.25, 0.3) is 11.8 Å². The maximum Gasteiger partial charge on any atom is 0.273 e. The maximum atomic E-state index is 12.4. The Morgan fingerprint density at radius 3 is 2.36 bits per heavy atom. The minimum Gasteiger partial charge on any atom is -0.507 e. The molecule has 28 heavy (non-hydrogen) atoms. The second-order valence-corrected chi connectivity index (χ2v) is 8.08. The summed E-state index contributed by atoms with van der Waals surface area (Å²) in [6, 6.07) is 9.72. The first-order chi connectivity index (χ1) is 13.3. The van der Waals surface area contributed by atoms with E-state index in [1.165, 1.54) is 37.4 Å². The summed E-state index contributed by atoms with van der Waals surface area (Å²) >= 11 is 3.18. The van der Waals surface area contributed by atoms with Gasteiger partial charge in [-0.1, -0.05) is 12.1 Å². The van der Waals surface area contributed by atoms with Gasteiger partial charge in [-0.15, -0.1) is 0 Å². The number of benzene rings is 2. The number of rotatable bonds is 7. The third-order valence-corrected chi connectivity index (χ3v) is 5.68. The molecule has 4 N–H and O–H groups in total. The van der Waals surface area contributed by atoms with Crippen molar-refractivity contribution in [1.29, 1.82) is 0 Å². The minimum absolute atomic E-state index is 0.00722. The monoisotopic (exact) mass is 471 g/mol. The summed E-state index contributed by atoms with van der Waals surface area (Å²) in [7, 11) is -2.39. The molecule has 0 atom stereocenters. The first kappa shape index (κ1) is 21.8. The third-order valence-electron chi connectivity index (χ3n) is 3.53. The van der Waals surface area contributed by atoms with Gasteiger partial charge in [-0.3, -0.25) is 20.4 Å². The summed E-state index contributed by atoms with van der Waals surface area (Å²) in [5, 5.41) is 9.66. The molecule has 0 unspecified atom stereocenters. The van der Waals surface area contributed by atoms with Crippen LogP contribution in [0.4, 0.5) is 0 Å². The summed E-state index contributed by atoms with van der Waals surface area (Å²) in [4.78, 5) is 24.3.